The summed E-state index contributed by atoms with van der Waals surface area (Å²) in [5.74, 6) is 0.265. The van der Waals surface area contributed by atoms with Gasteiger partial charge in [0.25, 0.3) is 5.91 Å². The molecule has 0 atom stereocenters. The molecular formula is C13H15ClN4O. The summed E-state index contributed by atoms with van der Waals surface area (Å²) in [5.41, 5.74) is 2.17. The Bertz CT molecular complexity index is 574. The van der Waals surface area contributed by atoms with Crippen LogP contribution in [0.1, 0.15) is 35.1 Å². The van der Waals surface area contributed by atoms with Gasteiger partial charge in [-0.25, -0.2) is 4.98 Å². The van der Waals surface area contributed by atoms with Crippen LogP contribution in [0.4, 0.5) is 5.82 Å². The van der Waals surface area contributed by atoms with Gasteiger partial charge in [-0.15, -0.1) is 0 Å². The molecule has 0 aromatic carbocycles. The lowest BCUT2D eigenvalue weighted by atomic mass is 10.2. The van der Waals surface area contributed by atoms with E-state index < -0.39 is 0 Å². The second-order valence-electron chi connectivity index (χ2n) is 4.30. The minimum Gasteiger partial charge on any atom is -0.305 e. The molecule has 2 heterocycles. The van der Waals surface area contributed by atoms with E-state index in [4.69, 9.17) is 11.6 Å². The van der Waals surface area contributed by atoms with E-state index in [1.165, 1.54) is 6.07 Å². The number of aromatic nitrogens is 3. The molecule has 0 unspecified atom stereocenters. The SMILES string of the molecule is CCCc1cc(NC(=O)c2cc(C)nc(Cl)c2)n[nH]1. The number of anilines is 1. The highest BCUT2D eigenvalue weighted by Crippen LogP contribution is 2.13. The minimum absolute atomic E-state index is 0.248. The fourth-order valence-electron chi connectivity index (χ4n) is 1.77. The largest absolute Gasteiger partial charge is 0.305 e. The molecule has 2 aromatic rings. The fraction of sp³-hybridized carbons (Fsp3) is 0.308. The van der Waals surface area contributed by atoms with Crippen LogP contribution in [-0.4, -0.2) is 21.1 Å². The van der Waals surface area contributed by atoms with Crippen LogP contribution < -0.4 is 5.32 Å². The van der Waals surface area contributed by atoms with Gasteiger partial charge < -0.3 is 5.32 Å². The van der Waals surface area contributed by atoms with Crippen molar-refractivity contribution in [1.29, 1.82) is 0 Å². The summed E-state index contributed by atoms with van der Waals surface area (Å²) in [5, 5.41) is 9.95. The summed E-state index contributed by atoms with van der Waals surface area (Å²) in [4.78, 5) is 16.1. The number of nitrogens with zero attached hydrogens (tertiary/aromatic N) is 2. The van der Waals surface area contributed by atoms with Crippen LogP contribution in [0.2, 0.25) is 5.15 Å². The summed E-state index contributed by atoms with van der Waals surface area (Å²) in [7, 11) is 0. The van der Waals surface area contributed by atoms with Crippen molar-refractivity contribution in [2.75, 3.05) is 5.32 Å². The highest BCUT2D eigenvalue weighted by atomic mass is 35.5. The molecule has 100 valence electrons. The van der Waals surface area contributed by atoms with Gasteiger partial charge in [-0.2, -0.15) is 5.10 Å². The van der Waals surface area contributed by atoms with Crippen molar-refractivity contribution in [2.45, 2.75) is 26.7 Å². The average Bonchev–Trinajstić information content (AvgIpc) is 2.76. The Kier molecular flexibility index (Phi) is 4.16. The van der Waals surface area contributed by atoms with Gasteiger partial charge in [0.05, 0.1) is 0 Å². The number of aryl methyl sites for hydroxylation is 2. The predicted molar refractivity (Wildman–Crippen MR) is 74.5 cm³/mol. The monoisotopic (exact) mass is 278 g/mol. The molecule has 0 radical (unpaired) electrons. The third-order valence-corrected chi connectivity index (χ3v) is 2.77. The molecule has 1 amide bonds. The Hall–Kier alpha value is -1.88. The molecule has 0 aliphatic carbocycles. The zero-order valence-electron chi connectivity index (χ0n) is 10.8. The van der Waals surface area contributed by atoms with Crippen molar-refractivity contribution in [3.05, 3.63) is 40.3 Å². The highest BCUT2D eigenvalue weighted by Gasteiger charge is 2.10. The zero-order valence-corrected chi connectivity index (χ0v) is 11.6. The summed E-state index contributed by atoms with van der Waals surface area (Å²) >= 11 is 5.83. The normalized spacial score (nSPS) is 10.5. The van der Waals surface area contributed by atoms with Crippen LogP contribution in [0.5, 0.6) is 0 Å². The molecule has 2 aromatic heterocycles. The van der Waals surface area contributed by atoms with Crippen molar-refractivity contribution in [3.8, 4) is 0 Å². The molecule has 2 rings (SSSR count). The second-order valence-corrected chi connectivity index (χ2v) is 4.69. The maximum atomic E-state index is 12.0. The van der Waals surface area contributed by atoms with Gasteiger partial charge in [-0.1, -0.05) is 24.9 Å². The van der Waals surface area contributed by atoms with Crippen molar-refractivity contribution in [2.24, 2.45) is 0 Å². The van der Waals surface area contributed by atoms with E-state index >= 15 is 0 Å². The first-order chi connectivity index (χ1) is 9.08. The topological polar surface area (TPSA) is 70.7 Å². The number of hydrogen-bond acceptors (Lipinski definition) is 3. The van der Waals surface area contributed by atoms with Crippen LogP contribution in [0.25, 0.3) is 0 Å². The molecule has 0 spiro atoms. The number of hydrogen-bond donors (Lipinski definition) is 2. The van der Waals surface area contributed by atoms with Crippen molar-refractivity contribution < 1.29 is 4.79 Å². The smallest absolute Gasteiger partial charge is 0.257 e. The number of pyridine rings is 1. The molecule has 0 fully saturated rings. The van der Waals surface area contributed by atoms with Crippen LogP contribution in [-0.2, 0) is 6.42 Å². The van der Waals surface area contributed by atoms with Crippen molar-refractivity contribution in [3.63, 3.8) is 0 Å². The van der Waals surface area contributed by atoms with Gasteiger partial charge in [-0.3, -0.25) is 9.89 Å². The second kappa shape index (κ2) is 5.84. The first kappa shape index (κ1) is 13.5. The molecule has 0 bridgehead atoms. The molecule has 19 heavy (non-hydrogen) atoms. The number of nitrogens with one attached hydrogen (secondary N) is 2. The number of halogens is 1. The Balaban J connectivity index is 2.11. The van der Waals surface area contributed by atoms with Crippen LogP contribution in [0, 0.1) is 6.92 Å². The number of carbonyl (C=O) groups excluding carboxylic acids is 1. The Morgan fingerprint density at radius 2 is 2.21 bits per heavy atom. The number of amides is 1. The van der Waals surface area contributed by atoms with Gasteiger partial charge in [0.2, 0.25) is 0 Å². The summed E-state index contributed by atoms with van der Waals surface area (Å²) in [6.07, 6.45) is 1.93. The highest BCUT2D eigenvalue weighted by molar-refractivity contribution is 6.29. The summed E-state index contributed by atoms with van der Waals surface area (Å²) in [6.45, 7) is 3.87. The number of carbonyl (C=O) groups is 1. The van der Waals surface area contributed by atoms with Crippen LogP contribution in [0.15, 0.2) is 18.2 Å². The van der Waals surface area contributed by atoms with Gasteiger partial charge in [-0.05, 0) is 25.5 Å². The lowest BCUT2D eigenvalue weighted by Gasteiger charge is -2.03. The van der Waals surface area contributed by atoms with E-state index in [2.05, 4.69) is 27.4 Å². The Morgan fingerprint density at radius 1 is 1.42 bits per heavy atom. The third kappa shape index (κ3) is 3.54. The lowest BCUT2D eigenvalue weighted by Crippen LogP contribution is -2.12. The van der Waals surface area contributed by atoms with Crippen LogP contribution >= 0.6 is 11.6 Å². The Labute approximate surface area is 116 Å². The van der Waals surface area contributed by atoms with E-state index in [0.29, 0.717) is 22.2 Å². The van der Waals surface area contributed by atoms with Crippen molar-refractivity contribution in [1.82, 2.24) is 15.2 Å². The van der Waals surface area contributed by atoms with Gasteiger partial charge >= 0.3 is 0 Å². The lowest BCUT2D eigenvalue weighted by molar-refractivity contribution is 0.102. The molecular weight excluding hydrogens is 264 g/mol. The van der Waals surface area contributed by atoms with Gasteiger partial charge in [0.15, 0.2) is 5.82 Å². The Morgan fingerprint density at radius 3 is 2.89 bits per heavy atom. The van der Waals surface area contributed by atoms with E-state index in [1.54, 1.807) is 13.0 Å². The molecule has 0 aliphatic rings. The number of H-pyrrole nitrogens is 1. The fourth-order valence-corrected chi connectivity index (χ4v) is 2.02. The van der Waals surface area contributed by atoms with E-state index in [-0.39, 0.29) is 5.91 Å². The minimum atomic E-state index is -0.248. The summed E-state index contributed by atoms with van der Waals surface area (Å²) in [6, 6.07) is 5.04. The predicted octanol–water partition coefficient (Wildman–Crippen LogP) is 2.97. The van der Waals surface area contributed by atoms with Gasteiger partial charge in [0, 0.05) is 23.0 Å². The van der Waals surface area contributed by atoms with E-state index in [1.807, 2.05) is 6.07 Å². The summed E-state index contributed by atoms with van der Waals surface area (Å²) < 4.78 is 0. The molecule has 6 heteroatoms. The zero-order chi connectivity index (χ0) is 13.8. The number of rotatable bonds is 4. The number of aromatic amines is 1. The third-order valence-electron chi connectivity index (χ3n) is 2.58. The van der Waals surface area contributed by atoms with E-state index in [9.17, 15) is 4.79 Å². The first-order valence-corrected chi connectivity index (χ1v) is 6.46. The maximum absolute atomic E-state index is 12.0. The quantitative estimate of drug-likeness (QED) is 0.845. The molecule has 0 saturated heterocycles. The molecule has 0 saturated carbocycles. The van der Waals surface area contributed by atoms with Crippen molar-refractivity contribution >= 4 is 23.3 Å². The molecule has 0 aliphatic heterocycles. The van der Waals surface area contributed by atoms with Crippen LogP contribution in [0.3, 0.4) is 0 Å². The van der Waals surface area contributed by atoms with E-state index in [0.717, 1.165) is 18.5 Å². The molecule has 5 nitrogen and oxygen atoms in total. The van der Waals surface area contributed by atoms with Gasteiger partial charge in [0.1, 0.15) is 5.15 Å². The molecule has 2 N–H and O–H groups in total. The standard InChI is InChI=1S/C13H15ClN4O/c1-3-4-10-7-12(18-17-10)16-13(19)9-5-8(2)15-11(14)6-9/h5-7H,3-4H2,1-2H3,(H2,16,17,18,19). The average molecular weight is 279 g/mol. The first-order valence-electron chi connectivity index (χ1n) is 6.08. The maximum Gasteiger partial charge on any atom is 0.257 e.